The van der Waals surface area contributed by atoms with Crippen molar-refractivity contribution in [1.29, 1.82) is 0 Å². The van der Waals surface area contributed by atoms with E-state index >= 15 is 0 Å². The zero-order chi connectivity index (χ0) is 14.1. The molecule has 0 aromatic rings. The third kappa shape index (κ3) is 3.60. The highest BCUT2D eigenvalue weighted by Crippen LogP contribution is 2.25. The van der Waals surface area contributed by atoms with Crippen molar-refractivity contribution in [2.24, 2.45) is 0 Å². The minimum atomic E-state index is -4.77. The molecule has 1 rings (SSSR count). The molecule has 0 atom stereocenters. The van der Waals surface area contributed by atoms with Crippen LogP contribution in [-0.2, 0) is 4.79 Å². The van der Waals surface area contributed by atoms with Crippen LogP contribution in [0.2, 0.25) is 0 Å². The Morgan fingerprint density at radius 3 is 1.94 bits per heavy atom. The first kappa shape index (κ1) is 15.3. The van der Waals surface area contributed by atoms with E-state index in [9.17, 15) is 18.0 Å². The van der Waals surface area contributed by atoms with Gasteiger partial charge < -0.3 is 4.90 Å². The monoisotopic (exact) mass is 266 g/mol. The Labute approximate surface area is 106 Å². The van der Waals surface area contributed by atoms with E-state index in [0.717, 1.165) is 18.0 Å². The maximum atomic E-state index is 12.3. The maximum Gasteiger partial charge on any atom is 0.471 e. The van der Waals surface area contributed by atoms with E-state index in [1.165, 1.54) is 7.05 Å². The predicted molar refractivity (Wildman–Crippen MR) is 63.2 cm³/mol. The summed E-state index contributed by atoms with van der Waals surface area (Å²) in [6.45, 7) is 7.70. The molecule has 1 aliphatic heterocycles. The van der Waals surface area contributed by atoms with Gasteiger partial charge in [0.15, 0.2) is 0 Å². The van der Waals surface area contributed by atoms with Crippen molar-refractivity contribution in [3.05, 3.63) is 0 Å². The summed E-state index contributed by atoms with van der Waals surface area (Å²) in [7, 11) is 1.24. The molecule has 0 bridgehead atoms. The summed E-state index contributed by atoms with van der Waals surface area (Å²) in [4.78, 5) is 14.2. The zero-order valence-electron chi connectivity index (χ0n) is 11.3. The lowest BCUT2D eigenvalue weighted by molar-refractivity contribution is -0.187. The van der Waals surface area contributed by atoms with E-state index in [2.05, 4.69) is 25.7 Å². The number of alkyl halides is 3. The van der Waals surface area contributed by atoms with Crippen LogP contribution in [-0.4, -0.2) is 53.6 Å². The fourth-order valence-electron chi connectivity index (χ4n) is 2.29. The van der Waals surface area contributed by atoms with Crippen LogP contribution in [0.5, 0.6) is 0 Å². The Kier molecular flexibility index (Phi) is 4.30. The molecule has 1 heterocycles. The van der Waals surface area contributed by atoms with E-state index in [-0.39, 0.29) is 11.6 Å². The summed E-state index contributed by atoms with van der Waals surface area (Å²) in [5, 5.41) is 0. The van der Waals surface area contributed by atoms with Gasteiger partial charge in [-0.3, -0.25) is 9.69 Å². The Morgan fingerprint density at radius 2 is 1.61 bits per heavy atom. The van der Waals surface area contributed by atoms with Crippen LogP contribution >= 0.6 is 0 Å². The molecule has 18 heavy (non-hydrogen) atoms. The number of amides is 1. The predicted octanol–water partition coefficient (Wildman–Crippen LogP) is 2.27. The van der Waals surface area contributed by atoms with Crippen LogP contribution in [0.25, 0.3) is 0 Å². The molecular weight excluding hydrogens is 245 g/mol. The van der Waals surface area contributed by atoms with Crippen LogP contribution < -0.4 is 0 Å². The summed E-state index contributed by atoms with van der Waals surface area (Å²) in [5.41, 5.74) is 0.0254. The normalized spacial score (nSPS) is 19.9. The van der Waals surface area contributed by atoms with Gasteiger partial charge in [-0.15, -0.1) is 0 Å². The number of nitrogens with zero attached hydrogens (tertiary/aromatic N) is 2. The molecule has 1 aliphatic rings. The Bertz CT molecular complexity index is 301. The van der Waals surface area contributed by atoms with Gasteiger partial charge in [0, 0.05) is 31.7 Å². The van der Waals surface area contributed by atoms with Crippen LogP contribution in [0.1, 0.15) is 33.6 Å². The highest BCUT2D eigenvalue weighted by molar-refractivity contribution is 5.81. The van der Waals surface area contributed by atoms with Crippen molar-refractivity contribution in [1.82, 2.24) is 9.80 Å². The fourth-order valence-corrected chi connectivity index (χ4v) is 2.29. The molecule has 0 aliphatic carbocycles. The number of halogens is 3. The lowest BCUT2D eigenvalue weighted by Crippen LogP contribution is -2.53. The van der Waals surface area contributed by atoms with Gasteiger partial charge in [-0.1, -0.05) is 0 Å². The molecule has 0 unspecified atom stereocenters. The molecular formula is C12H21F3N2O. The van der Waals surface area contributed by atoms with E-state index in [1.807, 2.05) is 0 Å². The van der Waals surface area contributed by atoms with Crippen molar-refractivity contribution < 1.29 is 18.0 Å². The molecule has 0 spiro atoms. The second-order valence-corrected chi connectivity index (χ2v) is 5.80. The highest BCUT2D eigenvalue weighted by atomic mass is 19.4. The largest absolute Gasteiger partial charge is 0.471 e. The first-order valence-corrected chi connectivity index (χ1v) is 6.12. The lowest BCUT2D eigenvalue weighted by atomic mass is 9.97. The summed E-state index contributed by atoms with van der Waals surface area (Å²) in [5.74, 6) is -1.74. The second kappa shape index (κ2) is 5.07. The molecule has 1 saturated heterocycles. The Hall–Kier alpha value is -0.780. The van der Waals surface area contributed by atoms with Gasteiger partial charge in [-0.2, -0.15) is 13.2 Å². The van der Waals surface area contributed by atoms with Crippen LogP contribution in [0, 0.1) is 0 Å². The molecule has 1 fully saturated rings. The summed E-state index contributed by atoms with van der Waals surface area (Å²) in [6, 6.07) is -0.308. The van der Waals surface area contributed by atoms with E-state index < -0.39 is 12.1 Å². The summed E-state index contributed by atoms with van der Waals surface area (Å²) < 4.78 is 37.0. The van der Waals surface area contributed by atoms with Crippen molar-refractivity contribution >= 4 is 5.91 Å². The van der Waals surface area contributed by atoms with Gasteiger partial charge in [-0.05, 0) is 33.6 Å². The SMILES string of the molecule is CN(C(=O)C(F)(F)F)C1CCN(C(C)(C)C)CC1. The lowest BCUT2D eigenvalue weighted by Gasteiger charge is -2.43. The molecule has 106 valence electrons. The average Bonchev–Trinajstić information content (AvgIpc) is 2.25. The van der Waals surface area contributed by atoms with Gasteiger partial charge >= 0.3 is 12.1 Å². The third-order valence-corrected chi connectivity index (χ3v) is 3.52. The standard InChI is InChI=1S/C12H21F3N2O/c1-11(2,3)17-7-5-9(6-8-17)16(4)10(18)12(13,14)15/h9H,5-8H2,1-4H3. The van der Waals surface area contributed by atoms with Gasteiger partial charge in [0.25, 0.3) is 0 Å². The summed E-state index contributed by atoms with van der Waals surface area (Å²) >= 11 is 0. The number of carbonyl (C=O) groups is 1. The Morgan fingerprint density at radius 1 is 1.17 bits per heavy atom. The molecule has 6 heteroatoms. The highest BCUT2D eigenvalue weighted by Gasteiger charge is 2.43. The van der Waals surface area contributed by atoms with Crippen LogP contribution in [0.3, 0.4) is 0 Å². The van der Waals surface area contributed by atoms with Gasteiger partial charge in [-0.25, -0.2) is 0 Å². The van der Waals surface area contributed by atoms with Crippen LogP contribution in [0.15, 0.2) is 0 Å². The molecule has 0 aromatic carbocycles. The van der Waals surface area contributed by atoms with Crippen molar-refractivity contribution in [3.63, 3.8) is 0 Å². The van der Waals surface area contributed by atoms with E-state index in [1.54, 1.807) is 0 Å². The quantitative estimate of drug-likeness (QED) is 0.727. The van der Waals surface area contributed by atoms with Crippen LogP contribution in [0.4, 0.5) is 13.2 Å². The average molecular weight is 266 g/mol. The first-order valence-electron chi connectivity index (χ1n) is 6.12. The molecule has 0 saturated carbocycles. The maximum absolute atomic E-state index is 12.3. The smallest absolute Gasteiger partial charge is 0.335 e. The molecule has 0 N–H and O–H groups in total. The first-order chi connectivity index (χ1) is 8.03. The number of piperidine rings is 1. The summed E-state index contributed by atoms with van der Waals surface area (Å²) in [6.07, 6.45) is -3.58. The number of hydrogen-bond acceptors (Lipinski definition) is 2. The number of likely N-dealkylation sites (tertiary alicyclic amines) is 1. The molecule has 0 radical (unpaired) electrons. The van der Waals surface area contributed by atoms with Crippen molar-refractivity contribution in [3.8, 4) is 0 Å². The Balaban J connectivity index is 2.56. The minimum absolute atomic E-state index is 0.0254. The number of rotatable bonds is 1. The molecule has 1 amide bonds. The number of carbonyl (C=O) groups excluding carboxylic acids is 1. The number of hydrogen-bond donors (Lipinski definition) is 0. The fraction of sp³-hybridized carbons (Fsp3) is 0.917. The second-order valence-electron chi connectivity index (χ2n) is 5.80. The minimum Gasteiger partial charge on any atom is -0.335 e. The van der Waals surface area contributed by atoms with Gasteiger partial charge in [0.05, 0.1) is 0 Å². The van der Waals surface area contributed by atoms with Crippen molar-refractivity contribution in [2.45, 2.75) is 51.4 Å². The van der Waals surface area contributed by atoms with E-state index in [0.29, 0.717) is 12.8 Å². The zero-order valence-corrected chi connectivity index (χ0v) is 11.3. The third-order valence-electron chi connectivity index (χ3n) is 3.52. The van der Waals surface area contributed by atoms with Crippen molar-refractivity contribution in [2.75, 3.05) is 20.1 Å². The molecule has 0 aromatic heterocycles. The molecule has 3 nitrogen and oxygen atoms in total. The topological polar surface area (TPSA) is 23.6 Å². The van der Waals surface area contributed by atoms with E-state index in [4.69, 9.17) is 0 Å². The van der Waals surface area contributed by atoms with Gasteiger partial charge in [0.1, 0.15) is 0 Å². The van der Waals surface area contributed by atoms with Gasteiger partial charge in [0.2, 0.25) is 0 Å².